The molecule has 1 radical (unpaired) electrons. The van der Waals surface area contributed by atoms with E-state index < -0.39 is 17.2 Å². The Morgan fingerprint density at radius 3 is 2.65 bits per heavy atom. The van der Waals surface area contributed by atoms with Crippen molar-refractivity contribution in [3.63, 3.8) is 0 Å². The molecule has 1 amide bonds. The van der Waals surface area contributed by atoms with Crippen LogP contribution < -0.4 is 10.5 Å². The third-order valence-corrected chi connectivity index (χ3v) is 6.21. The molecule has 1 aromatic heterocycles. The number of ether oxygens (including phenoxy) is 1. The summed E-state index contributed by atoms with van der Waals surface area (Å²) in [6.45, 7) is 8.56. The summed E-state index contributed by atoms with van der Waals surface area (Å²) >= 11 is 1.22. The van der Waals surface area contributed by atoms with E-state index in [0.29, 0.717) is 11.3 Å². The zero-order valence-electron chi connectivity index (χ0n) is 17.4. The number of nitrogen functional groups attached to an aromatic ring is 1. The molecule has 1 saturated heterocycles. The quantitative estimate of drug-likeness (QED) is 0.212. The molecular formula is C22H25CoFN3O3S-. The summed E-state index contributed by atoms with van der Waals surface area (Å²) in [5.74, 6) is -1.89. The second-order valence-corrected chi connectivity index (χ2v) is 9.24. The fourth-order valence-electron chi connectivity index (χ4n) is 3.49. The number of benzene rings is 1. The number of nitrogens with zero attached hydrogens (tertiary/aromatic N) is 1. The fraction of sp³-hybridized carbons (Fsp3) is 0.364. The molecule has 0 bridgehead atoms. The summed E-state index contributed by atoms with van der Waals surface area (Å²) in [5, 5.41) is 7.32. The van der Waals surface area contributed by atoms with Gasteiger partial charge >= 0.3 is 5.97 Å². The molecule has 1 aliphatic rings. The normalized spacial score (nSPS) is 16.0. The number of carbonyl (C=O) groups excluding carboxylic acids is 2. The molecular weight excluding hydrogens is 464 g/mol. The molecule has 0 aliphatic carbocycles. The monoisotopic (exact) mass is 489 g/mol. The number of likely N-dealkylation sites (tertiary alicyclic amines) is 1. The second-order valence-electron chi connectivity index (χ2n) is 8.07. The molecule has 6 nitrogen and oxygen atoms in total. The van der Waals surface area contributed by atoms with Gasteiger partial charge in [0.25, 0.3) is 0 Å². The standard InChI is InChI=1S/C22H25FN3O3S.Co/c1-13-5-4-10-26(13)21(28)22(2,3)12-15-7-9-18(30-15)20(27)29-17-8-6-14(19(24)25)11-16(17)23;/h6-9,11,13H,1,4-5,10,12H2,2-3H3,(H3,24,25);/q-1;/t13-;/m1./s1. The van der Waals surface area contributed by atoms with Crippen molar-refractivity contribution in [1.29, 1.82) is 5.41 Å². The van der Waals surface area contributed by atoms with Crippen molar-refractivity contribution in [3.05, 3.63) is 58.4 Å². The van der Waals surface area contributed by atoms with Crippen LogP contribution in [0.15, 0.2) is 30.3 Å². The van der Waals surface area contributed by atoms with E-state index in [0.717, 1.165) is 30.3 Å². The molecule has 3 rings (SSSR count). The van der Waals surface area contributed by atoms with E-state index >= 15 is 0 Å². The first kappa shape index (κ1) is 25.0. The van der Waals surface area contributed by atoms with Gasteiger partial charge in [-0.3, -0.25) is 10.2 Å². The third kappa shape index (κ3) is 5.72. The Balaban J connectivity index is 0.00000341. The van der Waals surface area contributed by atoms with Gasteiger partial charge in [0.1, 0.15) is 10.7 Å². The number of rotatable bonds is 6. The topological polar surface area (TPSA) is 96.5 Å². The van der Waals surface area contributed by atoms with Crippen LogP contribution in [0.25, 0.3) is 0 Å². The molecule has 1 fully saturated rings. The van der Waals surface area contributed by atoms with Crippen LogP contribution in [0.4, 0.5) is 4.39 Å². The minimum absolute atomic E-state index is 0. The fourth-order valence-corrected chi connectivity index (χ4v) is 4.60. The van der Waals surface area contributed by atoms with Crippen LogP contribution in [0.3, 0.4) is 0 Å². The summed E-state index contributed by atoms with van der Waals surface area (Å²) in [6, 6.07) is 7.14. The number of nitrogens with one attached hydrogen (secondary N) is 1. The zero-order valence-corrected chi connectivity index (χ0v) is 19.2. The number of carbonyl (C=O) groups is 2. The Morgan fingerprint density at radius 2 is 2.06 bits per heavy atom. The van der Waals surface area contributed by atoms with Crippen LogP contribution in [0.5, 0.6) is 5.75 Å². The number of amidine groups is 1. The summed E-state index contributed by atoms with van der Waals surface area (Å²) < 4.78 is 19.3. The van der Waals surface area contributed by atoms with E-state index in [2.05, 4.69) is 6.92 Å². The molecule has 2 heterocycles. The minimum Gasteiger partial charge on any atom is -0.419 e. The largest absolute Gasteiger partial charge is 0.419 e. The maximum atomic E-state index is 14.1. The Morgan fingerprint density at radius 1 is 1.35 bits per heavy atom. The Kier molecular flexibility index (Phi) is 8.02. The number of hydrogen-bond donors (Lipinski definition) is 2. The van der Waals surface area contributed by atoms with Gasteiger partial charge < -0.3 is 22.3 Å². The molecule has 1 aromatic carbocycles. The Hall–Kier alpha value is -2.23. The van der Waals surface area contributed by atoms with Crippen molar-refractivity contribution in [1.82, 2.24) is 4.90 Å². The predicted molar refractivity (Wildman–Crippen MR) is 114 cm³/mol. The number of amides is 1. The summed E-state index contributed by atoms with van der Waals surface area (Å²) in [7, 11) is 0. The van der Waals surface area contributed by atoms with Crippen LogP contribution in [0.1, 0.15) is 46.8 Å². The molecule has 2 aromatic rings. The van der Waals surface area contributed by atoms with Crippen LogP contribution in [-0.4, -0.2) is 35.2 Å². The first-order valence-electron chi connectivity index (χ1n) is 9.67. The van der Waals surface area contributed by atoms with Crippen LogP contribution in [0.2, 0.25) is 0 Å². The maximum Gasteiger partial charge on any atom is 0.353 e. The van der Waals surface area contributed by atoms with Gasteiger partial charge in [-0.15, -0.1) is 11.3 Å². The summed E-state index contributed by atoms with van der Waals surface area (Å²) in [5.41, 5.74) is 4.91. The van der Waals surface area contributed by atoms with Gasteiger partial charge in [0.05, 0.1) is 0 Å². The van der Waals surface area contributed by atoms with E-state index in [9.17, 15) is 14.0 Å². The smallest absolute Gasteiger partial charge is 0.353 e. The van der Waals surface area contributed by atoms with Crippen LogP contribution in [0, 0.1) is 23.6 Å². The third-order valence-electron chi connectivity index (χ3n) is 5.14. The van der Waals surface area contributed by atoms with Crippen molar-refractivity contribution < 1.29 is 35.5 Å². The molecule has 9 heteroatoms. The molecule has 0 unspecified atom stereocenters. The van der Waals surface area contributed by atoms with Gasteiger partial charge in [-0.1, -0.05) is 26.3 Å². The Labute approximate surface area is 195 Å². The van der Waals surface area contributed by atoms with Gasteiger partial charge in [0, 0.05) is 39.2 Å². The van der Waals surface area contributed by atoms with Gasteiger partial charge in [-0.25, -0.2) is 9.18 Å². The van der Waals surface area contributed by atoms with Gasteiger partial charge in [0.2, 0.25) is 5.91 Å². The van der Waals surface area contributed by atoms with Crippen molar-refractivity contribution in [2.24, 2.45) is 11.1 Å². The number of esters is 1. The first-order chi connectivity index (χ1) is 14.1. The van der Waals surface area contributed by atoms with Gasteiger partial charge in [-0.05, 0) is 43.2 Å². The average molecular weight is 489 g/mol. The van der Waals surface area contributed by atoms with Crippen molar-refractivity contribution in [3.8, 4) is 5.75 Å². The number of thiophene rings is 1. The van der Waals surface area contributed by atoms with E-state index in [-0.39, 0.29) is 45.9 Å². The van der Waals surface area contributed by atoms with Gasteiger partial charge in [-0.2, -0.15) is 0 Å². The summed E-state index contributed by atoms with van der Waals surface area (Å²) in [4.78, 5) is 28.3. The van der Waals surface area contributed by atoms with Crippen molar-refractivity contribution >= 4 is 29.0 Å². The minimum atomic E-state index is -0.770. The van der Waals surface area contributed by atoms with Gasteiger partial charge in [0.15, 0.2) is 11.6 Å². The van der Waals surface area contributed by atoms with Crippen LogP contribution in [-0.2, 0) is 28.0 Å². The molecule has 0 spiro atoms. The maximum absolute atomic E-state index is 14.1. The number of hydrogen-bond acceptors (Lipinski definition) is 5. The molecule has 1 aliphatic heterocycles. The Bertz CT molecular complexity index is 992. The van der Waals surface area contributed by atoms with E-state index in [1.807, 2.05) is 18.7 Å². The van der Waals surface area contributed by atoms with Crippen molar-refractivity contribution in [2.75, 3.05) is 6.54 Å². The second kappa shape index (κ2) is 9.93. The number of nitrogens with two attached hydrogens (primary N) is 1. The molecule has 169 valence electrons. The zero-order chi connectivity index (χ0) is 22.1. The first-order valence-corrected chi connectivity index (χ1v) is 10.5. The van der Waals surface area contributed by atoms with E-state index in [1.54, 1.807) is 12.1 Å². The van der Waals surface area contributed by atoms with E-state index in [1.165, 1.54) is 23.5 Å². The van der Waals surface area contributed by atoms with Crippen LogP contribution >= 0.6 is 11.3 Å². The van der Waals surface area contributed by atoms with E-state index in [4.69, 9.17) is 15.9 Å². The molecule has 0 saturated carbocycles. The summed E-state index contributed by atoms with van der Waals surface area (Å²) in [6.07, 6.45) is 2.37. The number of halogens is 1. The average Bonchev–Trinajstić information content (AvgIpc) is 3.31. The van der Waals surface area contributed by atoms with Crippen molar-refractivity contribution in [2.45, 2.75) is 39.2 Å². The predicted octanol–water partition coefficient (Wildman–Crippen LogP) is 3.78. The molecule has 1 atom stereocenters. The molecule has 31 heavy (non-hydrogen) atoms. The molecule has 3 N–H and O–H groups in total. The SMILES string of the molecule is [CH2-][C@@H]1CCCN1C(=O)C(C)(C)Cc1ccc(C(=O)Oc2ccc(C(=N)N)cc2F)s1.[Co].